The van der Waals surface area contributed by atoms with Crippen LogP contribution in [0.2, 0.25) is 0 Å². The number of rotatable bonds is 2. The molecule has 0 aliphatic heterocycles. The Hall–Kier alpha value is -0.650. The van der Waals surface area contributed by atoms with Gasteiger partial charge in [0, 0.05) is 0 Å². The summed E-state index contributed by atoms with van der Waals surface area (Å²) in [6.45, 7) is 0. The van der Waals surface area contributed by atoms with E-state index in [-0.39, 0.29) is 16.9 Å². The van der Waals surface area contributed by atoms with Crippen molar-refractivity contribution in [1.82, 2.24) is 0 Å². The van der Waals surface area contributed by atoms with Crippen LogP contribution in [0.3, 0.4) is 0 Å². The van der Waals surface area contributed by atoms with E-state index in [1.54, 1.807) is 0 Å². The van der Waals surface area contributed by atoms with Gasteiger partial charge in [0.1, 0.15) is 11.9 Å². The first-order valence-electron chi connectivity index (χ1n) is 3.84. The molecule has 0 saturated heterocycles. The van der Waals surface area contributed by atoms with E-state index in [1.165, 1.54) is 25.3 Å². The van der Waals surface area contributed by atoms with E-state index >= 15 is 0 Å². The van der Waals surface area contributed by atoms with E-state index in [0.29, 0.717) is 5.56 Å². The van der Waals surface area contributed by atoms with Gasteiger partial charge in [-0.15, -0.1) is 12.4 Å². The van der Waals surface area contributed by atoms with Crippen LogP contribution < -0.4 is 5.73 Å². The van der Waals surface area contributed by atoms with Crippen molar-refractivity contribution in [3.8, 4) is 0 Å². The summed E-state index contributed by atoms with van der Waals surface area (Å²) in [7, 11) is 1.25. The van der Waals surface area contributed by atoms with Crippen molar-refractivity contribution in [3.63, 3.8) is 0 Å². The highest BCUT2D eigenvalue weighted by Crippen LogP contribution is 2.20. The minimum Gasteiger partial charge on any atom is -0.468 e. The SMILES string of the molecule is COC(=O)[C@@H](N)c1ccc(F)c(Br)c1.Cl. The van der Waals surface area contributed by atoms with Crippen molar-refractivity contribution in [2.45, 2.75) is 6.04 Å². The predicted octanol–water partition coefficient (Wildman–Crippen LogP) is 2.18. The number of ether oxygens (including phenoxy) is 1. The molecule has 0 heterocycles. The van der Waals surface area contributed by atoms with Crippen molar-refractivity contribution in [1.29, 1.82) is 0 Å². The van der Waals surface area contributed by atoms with Gasteiger partial charge in [-0.1, -0.05) is 6.07 Å². The number of nitrogens with two attached hydrogens (primary N) is 1. The first-order chi connectivity index (χ1) is 6.56. The van der Waals surface area contributed by atoms with Gasteiger partial charge in [-0.2, -0.15) is 0 Å². The van der Waals surface area contributed by atoms with Crippen molar-refractivity contribution in [2.75, 3.05) is 7.11 Å². The normalized spacial score (nSPS) is 11.5. The summed E-state index contributed by atoms with van der Waals surface area (Å²) in [4.78, 5) is 11.1. The van der Waals surface area contributed by atoms with E-state index in [1.807, 2.05) is 0 Å². The second-order valence-electron chi connectivity index (χ2n) is 2.67. The summed E-state index contributed by atoms with van der Waals surface area (Å²) in [5.41, 5.74) is 6.05. The summed E-state index contributed by atoms with van der Waals surface area (Å²) in [5.74, 6) is -0.950. The molecular weight excluding hydrogens is 288 g/mol. The highest BCUT2D eigenvalue weighted by molar-refractivity contribution is 9.10. The van der Waals surface area contributed by atoms with Crippen molar-refractivity contribution in [2.24, 2.45) is 5.73 Å². The maximum absolute atomic E-state index is 12.8. The monoisotopic (exact) mass is 297 g/mol. The standard InChI is InChI=1S/C9H9BrFNO2.ClH/c1-14-9(13)8(12)5-2-3-7(11)6(10)4-5;/h2-4,8H,12H2,1H3;1H/t8-;/m0./s1. The third-order valence-corrected chi connectivity index (χ3v) is 2.37. The summed E-state index contributed by atoms with van der Waals surface area (Å²) < 4.78 is 17.6. The number of benzene rings is 1. The molecule has 0 aliphatic rings. The Balaban J connectivity index is 0.00000196. The van der Waals surface area contributed by atoms with Crippen LogP contribution in [0.1, 0.15) is 11.6 Å². The van der Waals surface area contributed by atoms with Gasteiger partial charge in [-0.3, -0.25) is 4.79 Å². The molecule has 3 nitrogen and oxygen atoms in total. The first-order valence-corrected chi connectivity index (χ1v) is 4.64. The van der Waals surface area contributed by atoms with Crippen LogP contribution in [-0.4, -0.2) is 13.1 Å². The van der Waals surface area contributed by atoms with Gasteiger partial charge in [-0.25, -0.2) is 4.39 Å². The van der Waals surface area contributed by atoms with Gasteiger partial charge in [-0.05, 0) is 33.6 Å². The summed E-state index contributed by atoms with van der Waals surface area (Å²) in [5, 5.41) is 0. The molecule has 0 aromatic heterocycles. The lowest BCUT2D eigenvalue weighted by Gasteiger charge is -2.09. The number of halogens is 3. The fraction of sp³-hybridized carbons (Fsp3) is 0.222. The van der Waals surface area contributed by atoms with Crippen LogP contribution >= 0.6 is 28.3 Å². The molecule has 0 amide bonds. The fourth-order valence-electron chi connectivity index (χ4n) is 0.969. The predicted molar refractivity (Wildman–Crippen MR) is 60.3 cm³/mol. The average molecular weight is 299 g/mol. The lowest BCUT2D eigenvalue weighted by molar-refractivity contribution is -0.142. The number of methoxy groups -OCH3 is 1. The first kappa shape index (κ1) is 14.3. The van der Waals surface area contributed by atoms with E-state index in [0.717, 1.165) is 0 Å². The zero-order valence-electron chi connectivity index (χ0n) is 7.87. The molecule has 0 unspecified atom stereocenters. The Morgan fingerprint density at radius 3 is 2.67 bits per heavy atom. The molecule has 1 atom stereocenters. The molecule has 1 aromatic rings. The highest BCUT2D eigenvalue weighted by Gasteiger charge is 2.16. The summed E-state index contributed by atoms with van der Waals surface area (Å²) in [6, 6.07) is 3.26. The number of hydrogen-bond acceptors (Lipinski definition) is 3. The number of carbonyl (C=O) groups is 1. The van der Waals surface area contributed by atoms with Crippen molar-refractivity contribution < 1.29 is 13.9 Å². The molecule has 84 valence electrons. The number of hydrogen-bond donors (Lipinski definition) is 1. The van der Waals surface area contributed by atoms with Crippen LogP contribution in [0.15, 0.2) is 22.7 Å². The van der Waals surface area contributed by atoms with Gasteiger partial charge >= 0.3 is 5.97 Å². The van der Waals surface area contributed by atoms with E-state index in [2.05, 4.69) is 20.7 Å². The Morgan fingerprint density at radius 1 is 1.60 bits per heavy atom. The second kappa shape index (κ2) is 6.05. The minimum atomic E-state index is -0.878. The smallest absolute Gasteiger partial charge is 0.327 e. The molecule has 0 saturated carbocycles. The lowest BCUT2D eigenvalue weighted by atomic mass is 10.1. The van der Waals surface area contributed by atoms with Gasteiger partial charge in [0.25, 0.3) is 0 Å². The van der Waals surface area contributed by atoms with Crippen molar-refractivity contribution in [3.05, 3.63) is 34.1 Å². The second-order valence-corrected chi connectivity index (χ2v) is 3.53. The minimum absolute atomic E-state index is 0. The number of carbonyl (C=O) groups excluding carboxylic acids is 1. The van der Waals surface area contributed by atoms with E-state index < -0.39 is 17.8 Å². The molecule has 1 rings (SSSR count). The third-order valence-electron chi connectivity index (χ3n) is 1.76. The quantitative estimate of drug-likeness (QED) is 0.852. The molecule has 0 spiro atoms. The van der Waals surface area contributed by atoms with E-state index in [9.17, 15) is 9.18 Å². The molecule has 0 aliphatic carbocycles. The van der Waals surface area contributed by atoms with Crippen LogP contribution in [0, 0.1) is 5.82 Å². The summed E-state index contributed by atoms with van der Waals surface area (Å²) in [6.07, 6.45) is 0. The van der Waals surface area contributed by atoms with Crippen LogP contribution in [0.5, 0.6) is 0 Å². The zero-order chi connectivity index (χ0) is 10.7. The molecule has 1 aromatic carbocycles. The van der Waals surface area contributed by atoms with Crippen LogP contribution in [-0.2, 0) is 9.53 Å². The highest BCUT2D eigenvalue weighted by atomic mass is 79.9. The van der Waals surface area contributed by atoms with Gasteiger partial charge in [0.15, 0.2) is 0 Å². The van der Waals surface area contributed by atoms with E-state index in [4.69, 9.17) is 5.73 Å². The Kier molecular flexibility index (Phi) is 5.79. The largest absolute Gasteiger partial charge is 0.468 e. The van der Waals surface area contributed by atoms with Gasteiger partial charge in [0.05, 0.1) is 11.6 Å². The molecule has 6 heteroatoms. The molecule has 0 radical (unpaired) electrons. The molecule has 0 bridgehead atoms. The van der Waals surface area contributed by atoms with Gasteiger partial charge in [0.2, 0.25) is 0 Å². The fourth-order valence-corrected chi connectivity index (χ4v) is 1.37. The molecule has 15 heavy (non-hydrogen) atoms. The molecular formula is C9H10BrClFNO2. The zero-order valence-corrected chi connectivity index (χ0v) is 10.3. The maximum Gasteiger partial charge on any atom is 0.327 e. The van der Waals surface area contributed by atoms with Gasteiger partial charge < -0.3 is 10.5 Å². The van der Waals surface area contributed by atoms with Crippen LogP contribution in [0.25, 0.3) is 0 Å². The lowest BCUT2D eigenvalue weighted by Crippen LogP contribution is -2.22. The topological polar surface area (TPSA) is 52.3 Å². The Labute approximate surface area is 101 Å². The van der Waals surface area contributed by atoms with Crippen molar-refractivity contribution >= 4 is 34.3 Å². The number of esters is 1. The maximum atomic E-state index is 12.8. The summed E-state index contributed by atoms with van der Waals surface area (Å²) >= 11 is 3.00. The molecule has 0 fully saturated rings. The average Bonchev–Trinajstić information content (AvgIpc) is 2.20. The molecule has 2 N–H and O–H groups in total. The third kappa shape index (κ3) is 3.44. The Bertz CT molecular complexity index is 362. The van der Waals surface area contributed by atoms with Crippen LogP contribution in [0.4, 0.5) is 4.39 Å². The Morgan fingerprint density at radius 2 is 2.20 bits per heavy atom.